The Balaban J connectivity index is 1.52. The Morgan fingerprint density at radius 1 is 1.19 bits per heavy atom. The van der Waals surface area contributed by atoms with E-state index in [1.165, 1.54) is 17.0 Å². The number of phenols is 1. The number of nitrogens with zero attached hydrogens (tertiary/aromatic N) is 1. The van der Waals surface area contributed by atoms with Gasteiger partial charge in [-0.25, -0.2) is 0 Å². The summed E-state index contributed by atoms with van der Waals surface area (Å²) in [6.45, 7) is 0.209. The van der Waals surface area contributed by atoms with Crippen molar-refractivity contribution >= 4 is 23.0 Å². The smallest absolute Gasteiger partial charge is 0.257 e. The number of ether oxygens (including phenoxy) is 1. The van der Waals surface area contributed by atoms with Gasteiger partial charge in [0.1, 0.15) is 23.2 Å². The molecule has 0 saturated heterocycles. The number of allylic oxidation sites excluding steroid dienone is 5. The summed E-state index contributed by atoms with van der Waals surface area (Å²) >= 11 is 0. The maximum Gasteiger partial charge on any atom is 0.257 e. The summed E-state index contributed by atoms with van der Waals surface area (Å²) in [5.41, 5.74) is 0.0349. The number of amides is 1. The first-order valence-electron chi connectivity index (χ1n) is 10.1. The molecule has 2 aromatic rings. The highest BCUT2D eigenvalue weighted by Gasteiger charge is 2.24. The molecule has 8 nitrogen and oxygen atoms in total. The normalized spacial score (nSPS) is 19.0. The van der Waals surface area contributed by atoms with Crippen molar-refractivity contribution in [1.82, 2.24) is 4.90 Å². The van der Waals surface area contributed by atoms with Crippen molar-refractivity contribution in [3.05, 3.63) is 92.0 Å². The highest BCUT2D eigenvalue weighted by Crippen LogP contribution is 2.32. The molecule has 2 bridgehead atoms. The lowest BCUT2D eigenvalue weighted by Gasteiger charge is -2.23. The van der Waals surface area contributed by atoms with E-state index in [-0.39, 0.29) is 46.9 Å². The zero-order chi connectivity index (χ0) is 22.8. The molecule has 1 atom stereocenters. The Morgan fingerprint density at radius 2 is 1.97 bits per heavy atom. The van der Waals surface area contributed by atoms with E-state index in [2.05, 4.69) is 10.6 Å². The van der Waals surface area contributed by atoms with Crippen molar-refractivity contribution in [3.63, 3.8) is 0 Å². The van der Waals surface area contributed by atoms with Crippen LogP contribution in [0.5, 0.6) is 5.75 Å². The number of aromatic hydroxyl groups is 1. The Hall–Kier alpha value is -4.07. The standard InChI is InChI=1S/C24H23N3O5/c1-27(2)24(31)17-9-6-10-18(21(17)28)26-20-19(22(29)23(20)30)25-13-16-12-14-7-4-3-5-8-15(11-14)32-16/h4-12,15,25-26,28H,3,13H2,1-2H3/b7-4-,8-5-. The predicted molar refractivity (Wildman–Crippen MR) is 123 cm³/mol. The zero-order valence-electron chi connectivity index (χ0n) is 17.7. The van der Waals surface area contributed by atoms with E-state index in [0.717, 1.165) is 12.0 Å². The molecule has 0 radical (unpaired) electrons. The van der Waals surface area contributed by atoms with Gasteiger partial charge in [0.2, 0.25) is 0 Å². The van der Waals surface area contributed by atoms with Crippen molar-refractivity contribution in [2.24, 2.45) is 0 Å². The summed E-state index contributed by atoms with van der Waals surface area (Å²) in [5, 5.41) is 16.2. The molecular weight excluding hydrogens is 410 g/mol. The Kier molecular flexibility index (Phi) is 5.68. The van der Waals surface area contributed by atoms with Gasteiger partial charge in [0, 0.05) is 14.1 Å². The molecule has 1 unspecified atom stereocenters. The SMILES string of the molecule is CN(C)C(=O)c1cccc(Nc2c(NCC3=CC4=CC(/C=C\C/C=C\4)O3)c(=O)c2=O)c1O. The van der Waals surface area contributed by atoms with Gasteiger partial charge in [0.25, 0.3) is 16.8 Å². The highest BCUT2D eigenvalue weighted by molar-refractivity contribution is 5.99. The van der Waals surface area contributed by atoms with Crippen LogP contribution < -0.4 is 21.5 Å². The number of benzene rings is 1. The maximum absolute atomic E-state index is 12.2. The van der Waals surface area contributed by atoms with Gasteiger partial charge >= 0.3 is 0 Å². The first kappa shape index (κ1) is 21.2. The molecule has 4 rings (SSSR count). The molecule has 0 saturated carbocycles. The van der Waals surface area contributed by atoms with E-state index in [1.807, 2.05) is 36.5 Å². The quantitative estimate of drug-likeness (QED) is 0.365. The van der Waals surface area contributed by atoms with E-state index < -0.39 is 10.9 Å². The van der Waals surface area contributed by atoms with Crippen molar-refractivity contribution in [2.75, 3.05) is 31.3 Å². The number of carbonyl (C=O) groups excluding carboxylic acids is 1. The third-order valence-electron chi connectivity index (χ3n) is 5.16. The van der Waals surface area contributed by atoms with Gasteiger partial charge in [-0.05, 0) is 42.4 Å². The van der Waals surface area contributed by atoms with Gasteiger partial charge < -0.3 is 25.4 Å². The molecule has 0 fully saturated rings. The molecule has 3 N–H and O–H groups in total. The molecule has 0 spiro atoms. The Bertz CT molecular complexity index is 1260. The first-order valence-corrected chi connectivity index (χ1v) is 10.1. The molecule has 1 aliphatic carbocycles. The van der Waals surface area contributed by atoms with Crippen LogP contribution in [-0.4, -0.2) is 42.7 Å². The lowest BCUT2D eigenvalue weighted by molar-refractivity contribution is 0.0824. The molecule has 164 valence electrons. The van der Waals surface area contributed by atoms with E-state index >= 15 is 0 Å². The van der Waals surface area contributed by atoms with Gasteiger partial charge in [0.05, 0.1) is 17.8 Å². The van der Waals surface area contributed by atoms with Crippen LogP contribution in [0.3, 0.4) is 0 Å². The molecule has 2 aromatic carbocycles. The van der Waals surface area contributed by atoms with Crippen LogP contribution in [0.2, 0.25) is 0 Å². The average molecular weight is 433 g/mol. The number of anilines is 3. The number of hydrogen-bond acceptors (Lipinski definition) is 7. The van der Waals surface area contributed by atoms with Crippen molar-refractivity contribution < 1.29 is 14.6 Å². The van der Waals surface area contributed by atoms with Crippen LogP contribution in [0.4, 0.5) is 17.1 Å². The molecule has 2 aliphatic rings. The minimum Gasteiger partial charge on any atom is -0.505 e. The van der Waals surface area contributed by atoms with Crippen LogP contribution in [0.1, 0.15) is 16.8 Å². The largest absolute Gasteiger partial charge is 0.505 e. The molecule has 1 amide bonds. The molecule has 8 heteroatoms. The van der Waals surface area contributed by atoms with Gasteiger partial charge in [-0.2, -0.15) is 0 Å². The van der Waals surface area contributed by atoms with Gasteiger partial charge in [-0.3, -0.25) is 14.4 Å². The number of nitrogens with one attached hydrogen (secondary N) is 2. The van der Waals surface area contributed by atoms with Crippen molar-refractivity contribution in [2.45, 2.75) is 12.5 Å². The average Bonchev–Trinajstić information content (AvgIpc) is 2.77. The fourth-order valence-electron chi connectivity index (χ4n) is 3.50. The van der Waals surface area contributed by atoms with Crippen molar-refractivity contribution in [3.8, 4) is 5.75 Å². The van der Waals surface area contributed by atoms with Gasteiger partial charge in [-0.1, -0.05) is 24.3 Å². The molecular formula is C24H23N3O5. The predicted octanol–water partition coefficient (Wildman–Crippen LogP) is 2.57. The minimum absolute atomic E-state index is 0.0318. The zero-order valence-corrected chi connectivity index (χ0v) is 17.7. The lowest BCUT2D eigenvalue weighted by atomic mass is 10.1. The van der Waals surface area contributed by atoms with Crippen LogP contribution in [0.15, 0.2) is 75.6 Å². The third kappa shape index (κ3) is 4.07. The summed E-state index contributed by atoms with van der Waals surface area (Å²) in [6, 6.07) is 4.58. The summed E-state index contributed by atoms with van der Waals surface area (Å²) < 4.78 is 5.89. The van der Waals surface area contributed by atoms with Crippen LogP contribution in [0, 0.1) is 0 Å². The second-order valence-corrected chi connectivity index (χ2v) is 7.71. The number of para-hydroxylation sites is 1. The number of carbonyl (C=O) groups is 1. The summed E-state index contributed by atoms with van der Waals surface area (Å²) in [4.78, 5) is 37.9. The Labute approximate surface area is 184 Å². The third-order valence-corrected chi connectivity index (χ3v) is 5.16. The van der Waals surface area contributed by atoms with E-state index in [9.17, 15) is 19.5 Å². The fraction of sp³-hybridized carbons (Fsp3) is 0.208. The van der Waals surface area contributed by atoms with E-state index in [4.69, 9.17) is 4.74 Å². The van der Waals surface area contributed by atoms with Crippen LogP contribution in [0.25, 0.3) is 0 Å². The number of phenolic OH excluding ortho intramolecular Hbond substituents is 1. The van der Waals surface area contributed by atoms with Gasteiger partial charge in [-0.15, -0.1) is 0 Å². The lowest BCUT2D eigenvalue weighted by Crippen LogP contribution is -2.37. The minimum atomic E-state index is -0.700. The maximum atomic E-state index is 12.2. The molecule has 32 heavy (non-hydrogen) atoms. The topological polar surface area (TPSA) is 108 Å². The van der Waals surface area contributed by atoms with E-state index in [1.54, 1.807) is 20.2 Å². The summed E-state index contributed by atoms with van der Waals surface area (Å²) in [5.74, 6) is -0.0520. The summed E-state index contributed by atoms with van der Waals surface area (Å²) in [7, 11) is 3.14. The second kappa shape index (κ2) is 8.58. The van der Waals surface area contributed by atoms with E-state index in [0.29, 0.717) is 5.76 Å². The fourth-order valence-corrected chi connectivity index (χ4v) is 3.50. The molecule has 0 aromatic heterocycles. The number of hydrogen-bond donors (Lipinski definition) is 3. The Morgan fingerprint density at radius 3 is 2.75 bits per heavy atom. The first-order chi connectivity index (χ1) is 15.3. The molecule has 1 heterocycles. The number of rotatable bonds is 6. The van der Waals surface area contributed by atoms with Gasteiger partial charge in [0.15, 0.2) is 5.75 Å². The molecule has 1 aliphatic heterocycles. The second-order valence-electron chi connectivity index (χ2n) is 7.71. The van der Waals surface area contributed by atoms with Crippen LogP contribution >= 0.6 is 0 Å². The number of fused-ring (bicyclic) bond motifs is 1. The monoisotopic (exact) mass is 433 g/mol. The van der Waals surface area contributed by atoms with Crippen molar-refractivity contribution in [1.29, 1.82) is 0 Å². The highest BCUT2D eigenvalue weighted by atomic mass is 16.5. The van der Waals surface area contributed by atoms with Crippen LogP contribution in [-0.2, 0) is 4.74 Å². The summed E-state index contributed by atoms with van der Waals surface area (Å²) in [6.07, 6.45) is 12.6.